The van der Waals surface area contributed by atoms with Crippen molar-refractivity contribution in [3.05, 3.63) is 59.1 Å². The van der Waals surface area contributed by atoms with Crippen molar-refractivity contribution < 1.29 is 28.2 Å². The summed E-state index contributed by atoms with van der Waals surface area (Å²) in [7, 11) is -2.50. The van der Waals surface area contributed by atoms with Crippen molar-refractivity contribution in [1.29, 1.82) is 0 Å². The van der Waals surface area contributed by atoms with E-state index in [0.29, 0.717) is 16.2 Å². The first-order valence-corrected chi connectivity index (χ1v) is 10.4. The molecule has 0 saturated heterocycles. The number of sulfonamides is 1. The molecule has 0 radical (unpaired) electrons. The molecule has 3 rings (SSSR count). The summed E-state index contributed by atoms with van der Waals surface area (Å²) in [5.74, 6) is -1.32. The van der Waals surface area contributed by atoms with Crippen LogP contribution in [0.5, 0.6) is 11.5 Å². The number of phenols is 1. The topological polar surface area (TPSA) is 113 Å². The highest BCUT2D eigenvalue weighted by molar-refractivity contribution is 7.94. The van der Waals surface area contributed by atoms with Gasteiger partial charge in [-0.3, -0.25) is 4.72 Å². The number of rotatable bonds is 6. The number of carboxylic acids is 1. The van der Waals surface area contributed by atoms with Crippen LogP contribution in [0.2, 0.25) is 5.02 Å². The van der Waals surface area contributed by atoms with Gasteiger partial charge in [-0.25, -0.2) is 13.2 Å². The van der Waals surface area contributed by atoms with Crippen LogP contribution in [0.1, 0.15) is 10.4 Å². The number of aromatic hydroxyl groups is 1. The Labute approximate surface area is 169 Å². The number of ether oxygens (including phenoxy) is 1. The Kier molecular flexibility index (Phi) is 5.50. The molecule has 0 spiro atoms. The minimum Gasteiger partial charge on any atom is -0.507 e. The van der Waals surface area contributed by atoms with Gasteiger partial charge < -0.3 is 14.9 Å². The summed E-state index contributed by atoms with van der Waals surface area (Å²) < 4.78 is 32.9. The third-order valence-corrected chi connectivity index (χ3v) is 7.19. The van der Waals surface area contributed by atoms with Crippen LogP contribution in [0.3, 0.4) is 0 Å². The van der Waals surface area contributed by atoms with E-state index >= 15 is 0 Å². The fourth-order valence-corrected chi connectivity index (χ4v) is 5.37. The number of halogens is 1. The highest BCUT2D eigenvalue weighted by Crippen LogP contribution is 2.42. The molecule has 0 aliphatic heterocycles. The van der Waals surface area contributed by atoms with Gasteiger partial charge in [-0.2, -0.15) is 0 Å². The molecule has 28 heavy (non-hydrogen) atoms. The number of anilines is 1. The predicted octanol–water partition coefficient (Wildman–Crippen LogP) is 4.28. The smallest absolute Gasteiger partial charge is 0.339 e. The summed E-state index contributed by atoms with van der Waals surface area (Å²) in [6.07, 6.45) is 0. The zero-order valence-electron chi connectivity index (χ0n) is 14.3. The van der Waals surface area contributed by atoms with E-state index in [1.807, 2.05) is 0 Å². The van der Waals surface area contributed by atoms with Crippen LogP contribution < -0.4 is 9.46 Å². The van der Waals surface area contributed by atoms with Crippen LogP contribution in [0.4, 0.5) is 5.69 Å². The van der Waals surface area contributed by atoms with Crippen LogP contribution in [-0.2, 0) is 10.0 Å². The Morgan fingerprint density at radius 1 is 1.18 bits per heavy atom. The van der Waals surface area contributed by atoms with Crippen molar-refractivity contribution in [2.45, 2.75) is 4.21 Å². The normalized spacial score (nSPS) is 11.2. The molecular weight excluding hydrogens is 426 g/mol. The standard InChI is InChI=1S/C18H14ClNO6S2/c1-26-15-5-3-2-4-12(15)17-13(19)9-16(27-17)28(24,25)20-10-6-7-11(18(22)23)14(21)8-10/h2-9,20-21H,1H3,(H,22,23). The lowest BCUT2D eigenvalue weighted by atomic mass is 10.1. The van der Waals surface area contributed by atoms with E-state index in [1.54, 1.807) is 24.3 Å². The van der Waals surface area contributed by atoms with Crippen LogP contribution in [0.25, 0.3) is 10.4 Å². The molecule has 3 N–H and O–H groups in total. The first-order chi connectivity index (χ1) is 13.2. The molecule has 3 aromatic rings. The molecule has 0 atom stereocenters. The number of carboxylic acid groups (broad SMARTS) is 1. The lowest BCUT2D eigenvalue weighted by Crippen LogP contribution is -2.11. The molecule has 0 saturated carbocycles. The average Bonchev–Trinajstić information content (AvgIpc) is 3.03. The minimum absolute atomic E-state index is 0.0193. The van der Waals surface area contributed by atoms with Crippen molar-refractivity contribution in [3.63, 3.8) is 0 Å². The number of hydrogen-bond donors (Lipinski definition) is 3. The van der Waals surface area contributed by atoms with Gasteiger partial charge in [0.05, 0.1) is 22.7 Å². The van der Waals surface area contributed by atoms with Gasteiger partial charge in [0, 0.05) is 11.6 Å². The number of thiophene rings is 1. The molecule has 146 valence electrons. The van der Waals surface area contributed by atoms with E-state index < -0.39 is 21.7 Å². The maximum atomic E-state index is 12.7. The molecule has 0 unspecified atom stereocenters. The molecule has 2 aromatic carbocycles. The molecule has 1 heterocycles. The Morgan fingerprint density at radius 2 is 1.89 bits per heavy atom. The summed E-state index contributed by atoms with van der Waals surface area (Å²) >= 11 is 7.22. The number of aromatic carboxylic acids is 1. The Hall–Kier alpha value is -2.75. The van der Waals surface area contributed by atoms with Crippen molar-refractivity contribution in [2.24, 2.45) is 0 Å². The highest BCUT2D eigenvalue weighted by atomic mass is 35.5. The second kappa shape index (κ2) is 7.70. The SMILES string of the molecule is COc1ccccc1-c1sc(S(=O)(=O)Nc2ccc(C(=O)O)c(O)c2)cc1Cl. The van der Waals surface area contributed by atoms with Gasteiger partial charge in [0.15, 0.2) is 0 Å². The summed E-state index contributed by atoms with van der Waals surface area (Å²) in [5.41, 5.74) is 0.344. The molecule has 0 aliphatic carbocycles. The van der Waals surface area contributed by atoms with Crippen molar-refractivity contribution in [3.8, 4) is 21.9 Å². The summed E-state index contributed by atoms with van der Waals surface area (Å²) in [5, 5.41) is 18.9. The van der Waals surface area contributed by atoms with E-state index in [9.17, 15) is 18.3 Å². The molecule has 0 fully saturated rings. The molecular formula is C18H14ClNO6S2. The summed E-state index contributed by atoms with van der Waals surface area (Å²) in [4.78, 5) is 11.5. The van der Waals surface area contributed by atoms with Crippen LogP contribution in [-0.4, -0.2) is 31.7 Å². The maximum Gasteiger partial charge on any atom is 0.339 e. The number of para-hydroxylation sites is 1. The van der Waals surface area contributed by atoms with E-state index in [1.165, 1.54) is 19.2 Å². The first-order valence-electron chi connectivity index (χ1n) is 7.75. The van der Waals surface area contributed by atoms with E-state index in [0.717, 1.165) is 23.5 Å². The van der Waals surface area contributed by atoms with Crippen molar-refractivity contribution in [1.82, 2.24) is 0 Å². The maximum absolute atomic E-state index is 12.7. The molecule has 7 nitrogen and oxygen atoms in total. The van der Waals surface area contributed by atoms with Gasteiger partial charge in [-0.15, -0.1) is 11.3 Å². The molecule has 0 bridgehead atoms. The minimum atomic E-state index is -4.01. The number of methoxy groups -OCH3 is 1. The van der Waals surface area contributed by atoms with Gasteiger partial charge in [-0.05, 0) is 30.3 Å². The quantitative estimate of drug-likeness (QED) is 0.528. The largest absolute Gasteiger partial charge is 0.507 e. The van der Waals surface area contributed by atoms with E-state index in [-0.39, 0.29) is 20.5 Å². The fraction of sp³-hybridized carbons (Fsp3) is 0.0556. The number of carbonyl (C=O) groups is 1. The zero-order chi connectivity index (χ0) is 20.5. The zero-order valence-corrected chi connectivity index (χ0v) is 16.7. The van der Waals surface area contributed by atoms with Gasteiger partial charge in [-0.1, -0.05) is 23.7 Å². The second-order valence-electron chi connectivity index (χ2n) is 5.59. The summed E-state index contributed by atoms with van der Waals surface area (Å²) in [6.45, 7) is 0. The lowest BCUT2D eigenvalue weighted by molar-refractivity contribution is 0.0694. The number of hydrogen-bond acceptors (Lipinski definition) is 6. The predicted molar refractivity (Wildman–Crippen MR) is 107 cm³/mol. The summed E-state index contributed by atoms with van der Waals surface area (Å²) in [6, 6.07) is 11.8. The van der Waals surface area contributed by atoms with E-state index in [4.69, 9.17) is 21.4 Å². The van der Waals surface area contributed by atoms with Gasteiger partial charge in [0.1, 0.15) is 21.3 Å². The van der Waals surface area contributed by atoms with Gasteiger partial charge >= 0.3 is 5.97 Å². The average molecular weight is 440 g/mol. The third-order valence-electron chi connectivity index (χ3n) is 3.76. The Balaban J connectivity index is 1.95. The molecule has 0 amide bonds. The Bertz CT molecular complexity index is 1160. The first kappa shape index (κ1) is 20.0. The number of nitrogens with one attached hydrogen (secondary N) is 1. The van der Waals surface area contributed by atoms with Gasteiger partial charge in [0.25, 0.3) is 10.0 Å². The monoisotopic (exact) mass is 439 g/mol. The van der Waals surface area contributed by atoms with Crippen LogP contribution in [0.15, 0.2) is 52.7 Å². The molecule has 0 aliphatic rings. The Morgan fingerprint density at radius 3 is 2.54 bits per heavy atom. The number of benzene rings is 2. The van der Waals surface area contributed by atoms with E-state index in [2.05, 4.69) is 4.72 Å². The van der Waals surface area contributed by atoms with Crippen molar-refractivity contribution >= 4 is 44.6 Å². The second-order valence-corrected chi connectivity index (χ2v) is 8.95. The van der Waals surface area contributed by atoms with Crippen LogP contribution >= 0.6 is 22.9 Å². The molecule has 10 heteroatoms. The third kappa shape index (κ3) is 3.91. The fourth-order valence-electron chi connectivity index (χ4n) is 2.48. The molecule has 1 aromatic heterocycles. The lowest BCUT2D eigenvalue weighted by Gasteiger charge is -2.08. The van der Waals surface area contributed by atoms with Crippen LogP contribution in [0, 0.1) is 0 Å². The highest BCUT2D eigenvalue weighted by Gasteiger charge is 2.22. The van der Waals surface area contributed by atoms with Crippen molar-refractivity contribution in [2.75, 3.05) is 11.8 Å². The van der Waals surface area contributed by atoms with Gasteiger partial charge in [0.2, 0.25) is 0 Å².